The fraction of sp³-hybridized carbons (Fsp3) is 0.714. The van der Waals surface area contributed by atoms with E-state index in [1.807, 2.05) is 5.32 Å². The molecule has 1 saturated heterocycles. The molecule has 7 nitrogen and oxygen atoms in total. The van der Waals surface area contributed by atoms with Crippen molar-refractivity contribution in [3.8, 4) is 0 Å². The highest BCUT2D eigenvalue weighted by molar-refractivity contribution is 5.88. The molecule has 2 heterocycles. The minimum atomic E-state index is -4.85. The van der Waals surface area contributed by atoms with Crippen molar-refractivity contribution >= 4 is 11.9 Å². The Morgan fingerprint density at radius 1 is 1.54 bits per heavy atom. The quantitative estimate of drug-likeness (QED) is 0.723. The molecular formula is C14H19F3N2O5. The standard InChI is InChI=1S/C14H19F3N2O5/c1-3-5-11-19(8(7-24-11)12(21)23-4-2)14(22)9(13(15,16)17)6-10(20)18-14/h7,9,11,22H,3-6H2,1-2H3,(H,18,20). The molecule has 24 heavy (non-hydrogen) atoms. The molecule has 2 aliphatic heterocycles. The minimum absolute atomic E-state index is 0.00402. The van der Waals surface area contributed by atoms with E-state index in [4.69, 9.17) is 9.47 Å². The number of carbonyl (C=O) groups excluding carboxylic acids is 2. The summed E-state index contributed by atoms with van der Waals surface area (Å²) in [6.45, 7) is 3.30. The number of halogens is 3. The number of nitrogens with zero attached hydrogens (tertiary/aromatic N) is 1. The van der Waals surface area contributed by atoms with Gasteiger partial charge in [0, 0.05) is 12.8 Å². The van der Waals surface area contributed by atoms with E-state index >= 15 is 0 Å². The van der Waals surface area contributed by atoms with Gasteiger partial charge in [0.2, 0.25) is 11.8 Å². The van der Waals surface area contributed by atoms with E-state index < -0.39 is 42.5 Å². The van der Waals surface area contributed by atoms with E-state index in [-0.39, 0.29) is 18.7 Å². The van der Waals surface area contributed by atoms with Crippen LogP contribution >= 0.6 is 0 Å². The molecule has 0 aliphatic carbocycles. The van der Waals surface area contributed by atoms with E-state index in [0.29, 0.717) is 6.42 Å². The van der Waals surface area contributed by atoms with Crippen LogP contribution in [0.15, 0.2) is 12.0 Å². The Bertz CT molecular complexity index is 551. The molecule has 0 aromatic carbocycles. The molecule has 10 heteroatoms. The molecule has 0 aromatic heterocycles. The average Bonchev–Trinajstić information content (AvgIpc) is 3.01. The Morgan fingerprint density at radius 2 is 2.21 bits per heavy atom. The Labute approximate surface area is 136 Å². The lowest BCUT2D eigenvalue weighted by molar-refractivity contribution is -0.269. The summed E-state index contributed by atoms with van der Waals surface area (Å²) in [6.07, 6.45) is -5.11. The van der Waals surface area contributed by atoms with Crippen LogP contribution in [0.25, 0.3) is 0 Å². The maximum atomic E-state index is 13.3. The highest BCUT2D eigenvalue weighted by Gasteiger charge is 2.64. The minimum Gasteiger partial charge on any atom is -0.476 e. The molecule has 0 bridgehead atoms. The summed E-state index contributed by atoms with van der Waals surface area (Å²) >= 11 is 0. The second-order valence-electron chi connectivity index (χ2n) is 5.55. The number of hydrogen-bond donors (Lipinski definition) is 2. The molecule has 2 aliphatic rings. The summed E-state index contributed by atoms with van der Waals surface area (Å²) in [5.74, 6) is -7.13. The van der Waals surface area contributed by atoms with Crippen LogP contribution in [0.2, 0.25) is 0 Å². The third kappa shape index (κ3) is 3.14. The van der Waals surface area contributed by atoms with E-state index in [2.05, 4.69) is 0 Å². The van der Waals surface area contributed by atoms with Gasteiger partial charge in [0.25, 0.3) is 0 Å². The zero-order chi connectivity index (χ0) is 18.1. The molecule has 0 saturated carbocycles. The molecule has 0 aromatic rings. The van der Waals surface area contributed by atoms with Crippen LogP contribution in [0.4, 0.5) is 13.2 Å². The fourth-order valence-electron chi connectivity index (χ4n) is 2.86. The number of carbonyl (C=O) groups is 2. The topological polar surface area (TPSA) is 88.1 Å². The smallest absolute Gasteiger partial charge is 0.398 e. The number of alkyl halides is 3. The second-order valence-corrected chi connectivity index (χ2v) is 5.55. The van der Waals surface area contributed by atoms with Crippen LogP contribution in [0.5, 0.6) is 0 Å². The molecule has 136 valence electrons. The maximum absolute atomic E-state index is 13.3. The average molecular weight is 352 g/mol. The van der Waals surface area contributed by atoms with Crippen LogP contribution < -0.4 is 5.32 Å². The summed E-state index contributed by atoms with van der Waals surface area (Å²) < 4.78 is 50.0. The van der Waals surface area contributed by atoms with Crippen molar-refractivity contribution in [2.24, 2.45) is 5.92 Å². The number of amides is 1. The third-order valence-corrected chi connectivity index (χ3v) is 3.87. The Kier molecular flexibility index (Phi) is 4.97. The highest BCUT2D eigenvalue weighted by Crippen LogP contribution is 2.45. The third-order valence-electron chi connectivity index (χ3n) is 3.87. The Balaban J connectivity index is 2.43. The van der Waals surface area contributed by atoms with Gasteiger partial charge < -0.3 is 19.9 Å². The SMILES string of the molecule is CCCC1OC=C(C(=O)OCC)N1C1(O)NC(=O)CC1C(F)(F)F. The van der Waals surface area contributed by atoms with Gasteiger partial charge in [0.1, 0.15) is 12.2 Å². The van der Waals surface area contributed by atoms with Crippen molar-refractivity contribution in [1.82, 2.24) is 10.2 Å². The van der Waals surface area contributed by atoms with Gasteiger partial charge in [-0.05, 0) is 6.92 Å². The van der Waals surface area contributed by atoms with Gasteiger partial charge in [-0.15, -0.1) is 0 Å². The molecule has 1 fully saturated rings. The number of aliphatic hydroxyl groups is 1. The molecule has 0 radical (unpaired) electrons. The number of rotatable bonds is 5. The van der Waals surface area contributed by atoms with Gasteiger partial charge >= 0.3 is 12.1 Å². The molecule has 3 atom stereocenters. The van der Waals surface area contributed by atoms with Gasteiger partial charge in [-0.3, -0.25) is 9.69 Å². The number of ether oxygens (including phenoxy) is 2. The van der Waals surface area contributed by atoms with Crippen molar-refractivity contribution in [3.05, 3.63) is 12.0 Å². The van der Waals surface area contributed by atoms with E-state index in [9.17, 15) is 27.9 Å². The number of nitrogens with one attached hydrogen (secondary N) is 1. The molecular weight excluding hydrogens is 333 g/mol. The largest absolute Gasteiger partial charge is 0.476 e. The first-order valence-corrected chi connectivity index (χ1v) is 7.57. The fourth-order valence-corrected chi connectivity index (χ4v) is 2.86. The van der Waals surface area contributed by atoms with Crippen LogP contribution in [0.3, 0.4) is 0 Å². The first-order chi connectivity index (χ1) is 11.1. The van der Waals surface area contributed by atoms with Crippen LogP contribution in [-0.4, -0.2) is 46.7 Å². The van der Waals surface area contributed by atoms with E-state index in [1.165, 1.54) is 6.92 Å². The molecule has 2 N–H and O–H groups in total. The molecule has 3 unspecified atom stereocenters. The van der Waals surface area contributed by atoms with Gasteiger partial charge in [-0.2, -0.15) is 13.2 Å². The van der Waals surface area contributed by atoms with Crippen molar-refractivity contribution in [2.75, 3.05) is 6.61 Å². The van der Waals surface area contributed by atoms with Crippen LogP contribution in [0.1, 0.15) is 33.1 Å². The summed E-state index contributed by atoms with van der Waals surface area (Å²) in [5.41, 5.74) is -0.366. The predicted octanol–water partition coefficient (Wildman–Crippen LogP) is 1.19. The first-order valence-electron chi connectivity index (χ1n) is 7.57. The predicted molar refractivity (Wildman–Crippen MR) is 73.6 cm³/mol. The summed E-state index contributed by atoms with van der Waals surface area (Å²) in [5, 5.41) is 12.6. The lowest BCUT2D eigenvalue weighted by Gasteiger charge is -2.42. The van der Waals surface area contributed by atoms with Crippen LogP contribution in [0, 0.1) is 5.92 Å². The number of esters is 1. The molecule has 1 amide bonds. The van der Waals surface area contributed by atoms with E-state index in [0.717, 1.165) is 11.2 Å². The number of hydrogen-bond acceptors (Lipinski definition) is 6. The second kappa shape index (κ2) is 6.50. The maximum Gasteiger partial charge on any atom is 0.398 e. The zero-order valence-corrected chi connectivity index (χ0v) is 13.2. The lowest BCUT2D eigenvalue weighted by atomic mass is 10.00. The first kappa shape index (κ1) is 18.4. The van der Waals surface area contributed by atoms with Crippen molar-refractivity contribution in [1.29, 1.82) is 0 Å². The lowest BCUT2D eigenvalue weighted by Crippen LogP contribution is -2.64. The van der Waals surface area contributed by atoms with Crippen molar-refractivity contribution in [2.45, 2.75) is 51.4 Å². The zero-order valence-electron chi connectivity index (χ0n) is 13.2. The van der Waals surface area contributed by atoms with Crippen molar-refractivity contribution < 1.29 is 37.3 Å². The van der Waals surface area contributed by atoms with Crippen molar-refractivity contribution in [3.63, 3.8) is 0 Å². The highest BCUT2D eigenvalue weighted by atomic mass is 19.4. The van der Waals surface area contributed by atoms with E-state index in [1.54, 1.807) is 6.92 Å². The van der Waals surface area contributed by atoms with Gasteiger partial charge in [-0.1, -0.05) is 13.3 Å². The van der Waals surface area contributed by atoms with Gasteiger partial charge in [0.05, 0.1) is 6.61 Å². The molecule has 2 rings (SSSR count). The Hall–Kier alpha value is -1.97. The Morgan fingerprint density at radius 3 is 2.75 bits per heavy atom. The monoisotopic (exact) mass is 352 g/mol. The van der Waals surface area contributed by atoms with Gasteiger partial charge in [-0.25, -0.2) is 4.79 Å². The molecule has 0 spiro atoms. The normalized spacial score (nSPS) is 30.0. The summed E-state index contributed by atoms with van der Waals surface area (Å²) in [6, 6.07) is 0. The summed E-state index contributed by atoms with van der Waals surface area (Å²) in [4.78, 5) is 24.4. The van der Waals surface area contributed by atoms with Crippen LogP contribution in [-0.2, 0) is 19.1 Å². The summed E-state index contributed by atoms with van der Waals surface area (Å²) in [7, 11) is 0. The van der Waals surface area contributed by atoms with Gasteiger partial charge in [0.15, 0.2) is 11.9 Å².